The van der Waals surface area contributed by atoms with Crippen LogP contribution >= 0.6 is 0 Å². The molecule has 0 spiro atoms. The van der Waals surface area contributed by atoms with Gasteiger partial charge in [-0.05, 0) is 55.4 Å². The summed E-state index contributed by atoms with van der Waals surface area (Å²) in [6.07, 6.45) is 5.31. The van der Waals surface area contributed by atoms with Gasteiger partial charge in [-0.3, -0.25) is 0 Å². The largest absolute Gasteiger partial charge is 0.497 e. The van der Waals surface area contributed by atoms with Gasteiger partial charge in [0.25, 0.3) is 0 Å². The topological polar surface area (TPSA) is 77.0 Å². The lowest BCUT2D eigenvalue weighted by molar-refractivity contribution is 0.145. The Balaban J connectivity index is 1.52. The van der Waals surface area contributed by atoms with Crippen LogP contribution in [0.4, 0.5) is 0 Å². The fourth-order valence-electron chi connectivity index (χ4n) is 2.88. The van der Waals surface area contributed by atoms with Gasteiger partial charge in [-0.15, -0.1) is 0 Å². The summed E-state index contributed by atoms with van der Waals surface area (Å²) in [7, 11) is 1.67. The number of methoxy groups -OCH3 is 1. The van der Waals surface area contributed by atoms with Crippen LogP contribution in [0.5, 0.6) is 11.6 Å². The molecule has 1 saturated carbocycles. The smallest absolute Gasteiger partial charge is 0.213 e. The SMILES string of the molecule is CCOCCCNC(=NCc1ccc(OCC2CC2)nc1)NCc1ccc(OC)cc1. The molecule has 0 atom stereocenters. The molecular weight excluding hydrogens is 392 g/mol. The van der Waals surface area contributed by atoms with Gasteiger partial charge in [0.1, 0.15) is 5.75 Å². The molecule has 2 N–H and O–H groups in total. The molecule has 31 heavy (non-hydrogen) atoms. The average Bonchev–Trinajstić information content (AvgIpc) is 3.64. The number of nitrogens with one attached hydrogen (secondary N) is 2. The predicted octanol–water partition coefficient (Wildman–Crippen LogP) is 3.54. The van der Waals surface area contributed by atoms with Crippen molar-refractivity contribution in [1.29, 1.82) is 0 Å². The molecule has 0 aliphatic heterocycles. The lowest BCUT2D eigenvalue weighted by Crippen LogP contribution is -2.37. The third-order valence-corrected chi connectivity index (χ3v) is 4.96. The van der Waals surface area contributed by atoms with Crippen molar-refractivity contribution < 1.29 is 14.2 Å². The number of pyridine rings is 1. The first-order chi connectivity index (χ1) is 15.3. The summed E-state index contributed by atoms with van der Waals surface area (Å²) in [5.74, 6) is 3.02. The fourth-order valence-corrected chi connectivity index (χ4v) is 2.88. The van der Waals surface area contributed by atoms with E-state index < -0.39 is 0 Å². The minimum Gasteiger partial charge on any atom is -0.497 e. The van der Waals surface area contributed by atoms with Crippen LogP contribution < -0.4 is 20.1 Å². The van der Waals surface area contributed by atoms with E-state index in [0.717, 1.165) is 61.5 Å². The molecule has 3 rings (SSSR count). The Hall–Kier alpha value is -2.80. The summed E-state index contributed by atoms with van der Waals surface area (Å²) in [4.78, 5) is 9.12. The maximum absolute atomic E-state index is 5.71. The number of hydrogen-bond acceptors (Lipinski definition) is 5. The fraction of sp³-hybridized carbons (Fsp3) is 0.500. The van der Waals surface area contributed by atoms with Crippen molar-refractivity contribution in [3.63, 3.8) is 0 Å². The zero-order valence-electron chi connectivity index (χ0n) is 18.6. The molecule has 1 fully saturated rings. The molecule has 0 saturated heterocycles. The monoisotopic (exact) mass is 426 g/mol. The highest BCUT2D eigenvalue weighted by Crippen LogP contribution is 2.29. The van der Waals surface area contributed by atoms with Gasteiger partial charge >= 0.3 is 0 Å². The zero-order valence-corrected chi connectivity index (χ0v) is 18.6. The van der Waals surface area contributed by atoms with Crippen LogP contribution in [0.15, 0.2) is 47.6 Å². The van der Waals surface area contributed by atoms with Crippen molar-refractivity contribution in [1.82, 2.24) is 15.6 Å². The van der Waals surface area contributed by atoms with E-state index in [1.807, 2.05) is 49.5 Å². The van der Waals surface area contributed by atoms with Gasteiger partial charge < -0.3 is 24.8 Å². The lowest BCUT2D eigenvalue weighted by Gasteiger charge is -2.13. The van der Waals surface area contributed by atoms with E-state index in [9.17, 15) is 0 Å². The van der Waals surface area contributed by atoms with E-state index in [4.69, 9.17) is 19.2 Å². The molecule has 0 unspecified atom stereocenters. The summed E-state index contributed by atoms with van der Waals surface area (Å²) < 4.78 is 16.3. The minimum absolute atomic E-state index is 0.541. The highest BCUT2D eigenvalue weighted by Gasteiger charge is 2.22. The number of aliphatic imine (C=N–C) groups is 1. The summed E-state index contributed by atoms with van der Waals surface area (Å²) in [6.45, 7) is 6.27. The molecule has 1 heterocycles. The Labute approximate surface area is 185 Å². The Bertz CT molecular complexity index is 789. The van der Waals surface area contributed by atoms with E-state index in [1.54, 1.807) is 7.11 Å². The highest BCUT2D eigenvalue weighted by atomic mass is 16.5. The molecule has 1 aromatic heterocycles. The number of aromatic nitrogens is 1. The number of guanidine groups is 1. The number of hydrogen-bond donors (Lipinski definition) is 2. The molecule has 7 nitrogen and oxygen atoms in total. The molecular formula is C24H34N4O3. The van der Waals surface area contributed by atoms with Crippen LogP contribution in [-0.2, 0) is 17.8 Å². The van der Waals surface area contributed by atoms with Gasteiger partial charge in [0, 0.05) is 38.6 Å². The van der Waals surface area contributed by atoms with Gasteiger partial charge in [-0.1, -0.05) is 18.2 Å². The maximum Gasteiger partial charge on any atom is 0.213 e. The molecule has 1 aromatic carbocycles. The van der Waals surface area contributed by atoms with Gasteiger partial charge in [0.15, 0.2) is 5.96 Å². The number of rotatable bonds is 13. The molecule has 0 radical (unpaired) electrons. The van der Waals surface area contributed by atoms with E-state index in [0.29, 0.717) is 19.0 Å². The quantitative estimate of drug-likeness (QED) is 0.290. The van der Waals surface area contributed by atoms with Crippen LogP contribution in [0.3, 0.4) is 0 Å². The first-order valence-corrected chi connectivity index (χ1v) is 11.1. The first-order valence-electron chi connectivity index (χ1n) is 11.1. The van der Waals surface area contributed by atoms with Crippen LogP contribution in [0, 0.1) is 5.92 Å². The van der Waals surface area contributed by atoms with Gasteiger partial charge in [-0.25, -0.2) is 9.98 Å². The van der Waals surface area contributed by atoms with Crippen molar-refractivity contribution >= 4 is 5.96 Å². The van der Waals surface area contributed by atoms with E-state index in [1.165, 1.54) is 12.8 Å². The molecule has 1 aliphatic rings. The highest BCUT2D eigenvalue weighted by molar-refractivity contribution is 5.79. The van der Waals surface area contributed by atoms with Crippen LogP contribution in [0.1, 0.15) is 37.3 Å². The van der Waals surface area contributed by atoms with E-state index >= 15 is 0 Å². The van der Waals surface area contributed by atoms with Gasteiger partial charge in [0.05, 0.1) is 20.3 Å². The van der Waals surface area contributed by atoms with E-state index in [-0.39, 0.29) is 0 Å². The minimum atomic E-state index is 0.541. The maximum atomic E-state index is 5.71. The van der Waals surface area contributed by atoms with Crippen molar-refractivity contribution in [2.45, 2.75) is 39.3 Å². The second-order valence-electron chi connectivity index (χ2n) is 7.60. The molecule has 0 bridgehead atoms. The van der Waals surface area contributed by atoms with Crippen LogP contribution in [0.25, 0.3) is 0 Å². The molecule has 0 amide bonds. The number of nitrogens with zero attached hydrogens (tertiary/aromatic N) is 2. The third-order valence-electron chi connectivity index (χ3n) is 4.96. The standard InChI is InChI=1S/C24H34N4O3/c1-3-30-14-4-13-25-24(27-15-19-7-10-22(29-2)11-8-19)28-17-21-9-12-23(26-16-21)31-18-20-5-6-20/h7-12,16,20H,3-6,13-15,17-18H2,1-2H3,(H2,25,27,28). The Morgan fingerprint density at radius 1 is 1.10 bits per heavy atom. The van der Waals surface area contributed by atoms with Crippen LogP contribution in [0.2, 0.25) is 0 Å². The average molecular weight is 427 g/mol. The third kappa shape index (κ3) is 8.84. The number of ether oxygens (including phenoxy) is 3. The Kier molecular flexibility index (Phi) is 9.44. The van der Waals surface area contributed by atoms with Crippen molar-refractivity contribution in [2.75, 3.05) is 33.5 Å². The molecule has 168 valence electrons. The summed E-state index contributed by atoms with van der Waals surface area (Å²) >= 11 is 0. The normalized spacial score (nSPS) is 13.7. The zero-order chi connectivity index (χ0) is 21.7. The Morgan fingerprint density at radius 2 is 1.90 bits per heavy atom. The molecule has 7 heteroatoms. The second kappa shape index (κ2) is 12.8. The van der Waals surface area contributed by atoms with Crippen molar-refractivity contribution in [3.05, 3.63) is 53.7 Å². The predicted molar refractivity (Wildman–Crippen MR) is 123 cm³/mol. The van der Waals surface area contributed by atoms with Crippen molar-refractivity contribution in [3.8, 4) is 11.6 Å². The summed E-state index contributed by atoms with van der Waals surface area (Å²) in [5.41, 5.74) is 2.20. The Morgan fingerprint density at radius 3 is 2.58 bits per heavy atom. The summed E-state index contributed by atoms with van der Waals surface area (Å²) in [6, 6.07) is 12.0. The first kappa shape index (κ1) is 22.9. The second-order valence-corrected chi connectivity index (χ2v) is 7.60. The van der Waals surface area contributed by atoms with Crippen molar-refractivity contribution in [2.24, 2.45) is 10.9 Å². The van der Waals surface area contributed by atoms with E-state index in [2.05, 4.69) is 15.6 Å². The van der Waals surface area contributed by atoms with Crippen LogP contribution in [-0.4, -0.2) is 44.4 Å². The number of benzene rings is 1. The van der Waals surface area contributed by atoms with Gasteiger partial charge in [0.2, 0.25) is 5.88 Å². The summed E-state index contributed by atoms with van der Waals surface area (Å²) in [5, 5.41) is 6.78. The molecule has 1 aliphatic carbocycles. The lowest BCUT2D eigenvalue weighted by atomic mass is 10.2. The molecule has 2 aromatic rings. The van der Waals surface area contributed by atoms with Gasteiger partial charge in [-0.2, -0.15) is 0 Å².